The van der Waals surface area contributed by atoms with Crippen molar-refractivity contribution in [2.24, 2.45) is 0 Å². The third kappa shape index (κ3) is 4.63. The molecule has 1 unspecified atom stereocenters. The average molecular weight is 303 g/mol. The van der Waals surface area contributed by atoms with E-state index in [9.17, 15) is 18.0 Å². The zero-order valence-electron chi connectivity index (χ0n) is 11.3. The van der Waals surface area contributed by atoms with Crippen LogP contribution in [0.25, 0.3) is 0 Å². The zero-order valence-corrected chi connectivity index (χ0v) is 11.3. The quantitative estimate of drug-likeness (QED) is 0.908. The smallest absolute Gasteiger partial charge is 0.419 e. The van der Waals surface area contributed by atoms with Crippen LogP contribution in [0.15, 0.2) is 24.3 Å². The SMILES string of the molecule is O=C(COc1ccccc1C(F)(F)F)NCC1CCCO1. The largest absolute Gasteiger partial charge is 0.483 e. The van der Waals surface area contributed by atoms with Crippen LogP contribution >= 0.6 is 0 Å². The number of carbonyl (C=O) groups excluding carboxylic acids is 1. The second-order valence-corrected chi connectivity index (χ2v) is 4.72. The van der Waals surface area contributed by atoms with Crippen molar-refractivity contribution < 1.29 is 27.4 Å². The summed E-state index contributed by atoms with van der Waals surface area (Å²) >= 11 is 0. The topological polar surface area (TPSA) is 47.6 Å². The molecule has 1 atom stereocenters. The van der Waals surface area contributed by atoms with Crippen molar-refractivity contribution in [3.05, 3.63) is 29.8 Å². The normalized spacial score (nSPS) is 18.5. The van der Waals surface area contributed by atoms with E-state index in [2.05, 4.69) is 5.32 Å². The molecule has 7 heteroatoms. The number of carbonyl (C=O) groups is 1. The van der Waals surface area contributed by atoms with Gasteiger partial charge in [-0.3, -0.25) is 4.79 Å². The van der Waals surface area contributed by atoms with Crippen molar-refractivity contribution in [3.8, 4) is 5.75 Å². The van der Waals surface area contributed by atoms with Crippen molar-refractivity contribution >= 4 is 5.91 Å². The first-order valence-electron chi connectivity index (χ1n) is 6.64. The lowest BCUT2D eigenvalue weighted by Gasteiger charge is -2.14. The number of nitrogens with one attached hydrogen (secondary N) is 1. The first kappa shape index (κ1) is 15.6. The number of rotatable bonds is 5. The maximum atomic E-state index is 12.7. The number of para-hydroxylation sites is 1. The van der Waals surface area contributed by atoms with Gasteiger partial charge in [-0.15, -0.1) is 0 Å². The molecule has 1 aromatic carbocycles. The molecule has 0 bridgehead atoms. The molecule has 0 radical (unpaired) electrons. The van der Waals surface area contributed by atoms with Gasteiger partial charge in [-0.1, -0.05) is 12.1 Å². The van der Waals surface area contributed by atoms with Crippen molar-refractivity contribution in [1.29, 1.82) is 0 Å². The van der Waals surface area contributed by atoms with E-state index < -0.39 is 24.3 Å². The molecule has 4 nitrogen and oxygen atoms in total. The highest BCUT2D eigenvalue weighted by Gasteiger charge is 2.34. The molecule has 0 saturated carbocycles. The van der Waals surface area contributed by atoms with Crippen molar-refractivity contribution in [1.82, 2.24) is 5.32 Å². The number of halogens is 3. The highest BCUT2D eigenvalue weighted by atomic mass is 19.4. The fraction of sp³-hybridized carbons (Fsp3) is 0.500. The molecule has 116 valence electrons. The van der Waals surface area contributed by atoms with E-state index in [0.29, 0.717) is 13.2 Å². The zero-order chi connectivity index (χ0) is 15.3. The standard InChI is InChI=1S/C14H16F3NO3/c15-14(16,17)11-5-1-2-6-12(11)21-9-13(19)18-8-10-4-3-7-20-10/h1-2,5-6,10H,3-4,7-9H2,(H,18,19). The molecule has 1 aromatic rings. The summed E-state index contributed by atoms with van der Waals surface area (Å²) in [5.41, 5.74) is -0.892. The maximum Gasteiger partial charge on any atom is 0.419 e. The first-order valence-corrected chi connectivity index (χ1v) is 6.64. The Morgan fingerprint density at radius 1 is 1.38 bits per heavy atom. The Kier molecular flexibility index (Phi) is 5.06. The Labute approximate surface area is 120 Å². The minimum absolute atomic E-state index is 0.0172. The van der Waals surface area contributed by atoms with Crippen LogP contribution in [-0.4, -0.2) is 31.8 Å². The van der Waals surface area contributed by atoms with Gasteiger partial charge < -0.3 is 14.8 Å². The summed E-state index contributed by atoms with van der Waals surface area (Å²) in [6.45, 7) is 0.568. The Bertz CT molecular complexity index is 485. The van der Waals surface area contributed by atoms with Gasteiger partial charge in [-0.05, 0) is 25.0 Å². The summed E-state index contributed by atoms with van der Waals surface area (Å²) in [6, 6.07) is 4.80. The molecule has 1 heterocycles. The van der Waals surface area contributed by atoms with Gasteiger partial charge in [0, 0.05) is 13.2 Å². The summed E-state index contributed by atoms with van der Waals surface area (Å²) in [5.74, 6) is -0.820. The van der Waals surface area contributed by atoms with Crippen LogP contribution in [0.4, 0.5) is 13.2 Å². The van der Waals surface area contributed by atoms with Crippen LogP contribution in [0.1, 0.15) is 18.4 Å². The van der Waals surface area contributed by atoms with E-state index in [-0.39, 0.29) is 11.9 Å². The van der Waals surface area contributed by atoms with Crippen LogP contribution < -0.4 is 10.1 Å². The van der Waals surface area contributed by atoms with Crippen LogP contribution in [0.2, 0.25) is 0 Å². The van der Waals surface area contributed by atoms with Gasteiger partial charge in [0.25, 0.3) is 5.91 Å². The lowest BCUT2D eigenvalue weighted by Crippen LogP contribution is -2.35. The van der Waals surface area contributed by atoms with Crippen LogP contribution in [0.5, 0.6) is 5.75 Å². The number of ether oxygens (including phenoxy) is 2. The summed E-state index contributed by atoms with van der Waals surface area (Å²) in [7, 11) is 0. The molecule has 1 N–H and O–H groups in total. The predicted octanol–water partition coefficient (Wildman–Crippen LogP) is 2.38. The molecule has 1 aliphatic rings. The van der Waals surface area contributed by atoms with E-state index in [1.165, 1.54) is 18.2 Å². The molecular weight excluding hydrogens is 287 g/mol. The monoisotopic (exact) mass is 303 g/mol. The third-order valence-electron chi connectivity index (χ3n) is 3.10. The molecule has 2 rings (SSSR count). The molecule has 21 heavy (non-hydrogen) atoms. The molecule has 1 saturated heterocycles. The van der Waals surface area contributed by atoms with E-state index in [0.717, 1.165) is 18.9 Å². The second kappa shape index (κ2) is 6.80. The third-order valence-corrected chi connectivity index (χ3v) is 3.10. The Balaban J connectivity index is 1.83. The summed E-state index contributed by atoms with van der Waals surface area (Å²) < 4.78 is 48.5. The molecule has 1 aliphatic heterocycles. The molecule has 1 amide bonds. The molecular formula is C14H16F3NO3. The van der Waals surface area contributed by atoms with Gasteiger partial charge in [-0.2, -0.15) is 13.2 Å². The molecule has 1 fully saturated rings. The lowest BCUT2D eigenvalue weighted by atomic mass is 10.2. The maximum absolute atomic E-state index is 12.7. The molecule has 0 spiro atoms. The van der Waals surface area contributed by atoms with Crippen LogP contribution in [0.3, 0.4) is 0 Å². The second-order valence-electron chi connectivity index (χ2n) is 4.72. The van der Waals surface area contributed by atoms with Gasteiger partial charge >= 0.3 is 6.18 Å². The van der Waals surface area contributed by atoms with Gasteiger partial charge in [0.1, 0.15) is 5.75 Å². The fourth-order valence-electron chi connectivity index (χ4n) is 2.05. The van der Waals surface area contributed by atoms with Gasteiger partial charge in [0.05, 0.1) is 11.7 Å². The predicted molar refractivity (Wildman–Crippen MR) is 68.9 cm³/mol. The highest BCUT2D eigenvalue weighted by molar-refractivity contribution is 5.77. The minimum atomic E-state index is -4.51. The number of amides is 1. The fourth-order valence-corrected chi connectivity index (χ4v) is 2.05. The minimum Gasteiger partial charge on any atom is -0.483 e. The van der Waals surface area contributed by atoms with E-state index in [4.69, 9.17) is 9.47 Å². The van der Waals surface area contributed by atoms with Crippen molar-refractivity contribution in [2.75, 3.05) is 19.8 Å². The van der Waals surface area contributed by atoms with E-state index in [1.54, 1.807) is 0 Å². The van der Waals surface area contributed by atoms with Gasteiger partial charge in [0.15, 0.2) is 6.61 Å². The molecule has 0 aliphatic carbocycles. The summed E-state index contributed by atoms with van der Waals surface area (Å²) in [4.78, 5) is 11.6. The van der Waals surface area contributed by atoms with Gasteiger partial charge in [0.2, 0.25) is 0 Å². The van der Waals surface area contributed by atoms with Crippen LogP contribution in [0, 0.1) is 0 Å². The van der Waals surface area contributed by atoms with E-state index in [1.807, 2.05) is 0 Å². The van der Waals surface area contributed by atoms with Crippen molar-refractivity contribution in [2.45, 2.75) is 25.1 Å². The lowest BCUT2D eigenvalue weighted by molar-refractivity contribution is -0.139. The van der Waals surface area contributed by atoms with Gasteiger partial charge in [-0.25, -0.2) is 0 Å². The number of hydrogen-bond acceptors (Lipinski definition) is 3. The Morgan fingerprint density at radius 2 is 2.14 bits per heavy atom. The highest BCUT2D eigenvalue weighted by Crippen LogP contribution is 2.35. The first-order chi connectivity index (χ1) is 9.97. The van der Waals surface area contributed by atoms with E-state index >= 15 is 0 Å². The van der Waals surface area contributed by atoms with Crippen molar-refractivity contribution in [3.63, 3.8) is 0 Å². The number of benzene rings is 1. The Hall–Kier alpha value is -1.76. The number of hydrogen-bond donors (Lipinski definition) is 1. The number of alkyl halides is 3. The summed E-state index contributed by atoms with van der Waals surface area (Å²) in [6.07, 6.45) is -2.70. The average Bonchev–Trinajstić information content (AvgIpc) is 2.95. The molecule has 0 aromatic heterocycles. The summed E-state index contributed by atoms with van der Waals surface area (Å²) in [5, 5.41) is 2.58. The van der Waals surface area contributed by atoms with Crippen LogP contribution in [-0.2, 0) is 15.7 Å². The Morgan fingerprint density at radius 3 is 2.81 bits per heavy atom.